The number of carbonyl (C=O) groups is 2. The Hall–Kier alpha value is -3.07. The minimum atomic E-state index is -4.39. The van der Waals surface area contributed by atoms with Gasteiger partial charge in [-0.3, -0.25) is 18.6 Å². The molecular formula is C62H109NO8P+. The van der Waals surface area contributed by atoms with Crippen molar-refractivity contribution in [2.24, 2.45) is 0 Å². The van der Waals surface area contributed by atoms with Crippen LogP contribution >= 0.6 is 7.82 Å². The quantitative estimate of drug-likeness (QED) is 0.0211. The first-order chi connectivity index (χ1) is 35.0. The molecule has 2 unspecified atom stereocenters. The van der Waals surface area contributed by atoms with Crippen molar-refractivity contribution in [3.8, 4) is 0 Å². The Morgan fingerprint density at radius 2 is 0.792 bits per heavy atom. The number of esters is 2. The zero-order chi connectivity index (χ0) is 52.7. The van der Waals surface area contributed by atoms with Crippen molar-refractivity contribution in [3.63, 3.8) is 0 Å². The lowest BCUT2D eigenvalue weighted by molar-refractivity contribution is -0.870. The number of phosphoric ester groups is 1. The van der Waals surface area contributed by atoms with Gasteiger partial charge in [0, 0.05) is 12.8 Å². The van der Waals surface area contributed by atoms with Gasteiger partial charge in [-0.15, -0.1) is 0 Å². The number of phosphoric acid groups is 1. The zero-order valence-electron chi connectivity index (χ0n) is 46.9. The van der Waals surface area contributed by atoms with Crippen molar-refractivity contribution in [1.82, 2.24) is 0 Å². The second kappa shape index (κ2) is 52.8. The molecule has 0 aliphatic heterocycles. The standard InChI is InChI=1S/C62H108NO8P/c1-6-8-10-12-14-16-18-20-22-24-25-26-27-28-29-30-31-32-33-34-35-36-37-39-41-43-45-47-49-51-53-55-62(65)71-60(59-70-72(66,67)69-57-56-63(3,4)5)58-68-61(64)54-52-50-48-46-44-42-40-38-23-21-19-17-15-13-11-9-7-2/h8,10,14,16,20,22,25-26,28-29,31-32,34-35,37,39,60H,6-7,9,11-13,15,17-19,21,23-24,27,30,33,36,38,40-59H2,1-5H3/p+1/b10-8-,16-14-,22-20-,26-25-,29-28-,32-31-,35-34-,39-37-. The van der Waals surface area contributed by atoms with E-state index in [4.69, 9.17) is 18.5 Å². The number of likely N-dealkylation sites (N-methyl/N-ethyl adjacent to an activating group) is 1. The smallest absolute Gasteiger partial charge is 0.462 e. The van der Waals surface area contributed by atoms with Crippen LogP contribution in [0.5, 0.6) is 0 Å². The Kier molecular flexibility index (Phi) is 50.5. The number of carbonyl (C=O) groups excluding carboxylic acids is 2. The van der Waals surface area contributed by atoms with Gasteiger partial charge in [-0.25, -0.2) is 4.57 Å². The van der Waals surface area contributed by atoms with Crippen LogP contribution in [0.15, 0.2) is 97.2 Å². The van der Waals surface area contributed by atoms with Crippen LogP contribution in [0.3, 0.4) is 0 Å². The van der Waals surface area contributed by atoms with E-state index in [2.05, 4.69) is 111 Å². The fourth-order valence-corrected chi connectivity index (χ4v) is 8.42. The summed E-state index contributed by atoms with van der Waals surface area (Å²) in [5.74, 6) is -0.813. The molecule has 0 aromatic rings. The number of ether oxygens (including phenoxy) is 2. The predicted octanol–water partition coefficient (Wildman–Crippen LogP) is 18.0. The average molecular weight is 1030 g/mol. The predicted molar refractivity (Wildman–Crippen MR) is 307 cm³/mol. The van der Waals surface area contributed by atoms with Crippen molar-refractivity contribution >= 4 is 19.8 Å². The van der Waals surface area contributed by atoms with Crippen LogP contribution in [0.2, 0.25) is 0 Å². The lowest BCUT2D eigenvalue weighted by Crippen LogP contribution is -2.37. The molecule has 72 heavy (non-hydrogen) atoms. The summed E-state index contributed by atoms with van der Waals surface area (Å²) in [6, 6.07) is 0. The fraction of sp³-hybridized carbons (Fsp3) is 0.710. The molecule has 0 heterocycles. The minimum absolute atomic E-state index is 0.0250. The number of allylic oxidation sites excluding steroid dienone is 16. The summed E-state index contributed by atoms with van der Waals surface area (Å²) < 4.78 is 34.5. The summed E-state index contributed by atoms with van der Waals surface area (Å²) in [5, 5.41) is 0. The van der Waals surface area contributed by atoms with Crippen molar-refractivity contribution in [2.45, 2.75) is 238 Å². The molecule has 0 fully saturated rings. The number of unbranched alkanes of at least 4 members (excludes halogenated alkanes) is 22. The third-order valence-electron chi connectivity index (χ3n) is 12.1. The summed E-state index contributed by atoms with van der Waals surface area (Å²) in [6.07, 6.45) is 71.8. The maximum atomic E-state index is 12.8. The van der Waals surface area contributed by atoms with Gasteiger partial charge in [-0.2, -0.15) is 0 Å². The second-order valence-electron chi connectivity index (χ2n) is 20.3. The van der Waals surface area contributed by atoms with E-state index in [1.807, 2.05) is 21.1 Å². The van der Waals surface area contributed by atoms with E-state index in [0.29, 0.717) is 17.4 Å². The van der Waals surface area contributed by atoms with E-state index in [9.17, 15) is 19.0 Å². The molecule has 0 aromatic carbocycles. The largest absolute Gasteiger partial charge is 0.472 e. The number of hydrogen-bond donors (Lipinski definition) is 1. The number of hydrogen-bond acceptors (Lipinski definition) is 7. The van der Waals surface area contributed by atoms with Crippen LogP contribution in [0, 0.1) is 0 Å². The zero-order valence-corrected chi connectivity index (χ0v) is 47.8. The first-order valence-corrected chi connectivity index (χ1v) is 30.5. The Morgan fingerprint density at radius 3 is 1.18 bits per heavy atom. The van der Waals surface area contributed by atoms with Crippen molar-refractivity contribution < 1.29 is 42.1 Å². The first kappa shape index (κ1) is 68.9. The van der Waals surface area contributed by atoms with E-state index in [1.165, 1.54) is 89.9 Å². The summed E-state index contributed by atoms with van der Waals surface area (Å²) >= 11 is 0. The monoisotopic (exact) mass is 1030 g/mol. The molecular weight excluding hydrogens is 918 g/mol. The molecule has 0 spiro atoms. The molecule has 2 atom stereocenters. The summed E-state index contributed by atoms with van der Waals surface area (Å²) in [4.78, 5) is 35.7. The van der Waals surface area contributed by atoms with E-state index < -0.39 is 26.5 Å². The fourth-order valence-electron chi connectivity index (χ4n) is 7.68. The highest BCUT2D eigenvalue weighted by atomic mass is 31.2. The molecule has 9 nitrogen and oxygen atoms in total. The van der Waals surface area contributed by atoms with Crippen LogP contribution < -0.4 is 0 Å². The van der Waals surface area contributed by atoms with Crippen molar-refractivity contribution in [2.75, 3.05) is 47.5 Å². The molecule has 1 N–H and O–H groups in total. The van der Waals surface area contributed by atoms with Crippen LogP contribution in [0.25, 0.3) is 0 Å². The number of nitrogens with zero attached hydrogens (tertiary/aromatic N) is 1. The number of quaternary nitrogens is 1. The van der Waals surface area contributed by atoms with Gasteiger partial charge in [-0.05, 0) is 77.0 Å². The molecule has 0 saturated heterocycles. The molecule has 0 saturated carbocycles. The lowest BCUT2D eigenvalue weighted by Gasteiger charge is -2.24. The van der Waals surface area contributed by atoms with E-state index >= 15 is 0 Å². The van der Waals surface area contributed by atoms with Crippen LogP contribution in [-0.4, -0.2) is 74.9 Å². The van der Waals surface area contributed by atoms with Crippen LogP contribution in [-0.2, 0) is 32.7 Å². The van der Waals surface area contributed by atoms with Gasteiger partial charge in [0.15, 0.2) is 6.10 Å². The third-order valence-corrected chi connectivity index (χ3v) is 13.1. The van der Waals surface area contributed by atoms with Gasteiger partial charge in [0.25, 0.3) is 0 Å². The molecule has 0 aliphatic carbocycles. The topological polar surface area (TPSA) is 108 Å². The van der Waals surface area contributed by atoms with Gasteiger partial charge in [-0.1, -0.05) is 239 Å². The maximum Gasteiger partial charge on any atom is 0.472 e. The van der Waals surface area contributed by atoms with Gasteiger partial charge in [0.05, 0.1) is 27.7 Å². The summed E-state index contributed by atoms with van der Waals surface area (Å²) in [5.41, 5.74) is 0. The third kappa shape index (κ3) is 56.2. The highest BCUT2D eigenvalue weighted by molar-refractivity contribution is 7.47. The van der Waals surface area contributed by atoms with Crippen molar-refractivity contribution in [1.29, 1.82) is 0 Å². The van der Waals surface area contributed by atoms with Gasteiger partial charge < -0.3 is 18.9 Å². The normalized spacial score (nSPS) is 14.0. The first-order valence-electron chi connectivity index (χ1n) is 29.0. The molecule has 10 heteroatoms. The molecule has 414 valence electrons. The maximum absolute atomic E-state index is 12.8. The molecule has 0 radical (unpaired) electrons. The SMILES string of the molecule is CC/C=C\C/C=C\C/C=C\C/C=C\C/C=C\C/C=C\C/C=C\C/C=C\CCCCCCCCC(=O)OC(COC(=O)CCCCCCCCCCCCCCCCCCC)COP(=O)(O)OCC[N+](C)(C)C. The van der Waals surface area contributed by atoms with Crippen molar-refractivity contribution in [3.05, 3.63) is 97.2 Å². The Bertz CT molecular complexity index is 1540. The molecule has 0 amide bonds. The Balaban J connectivity index is 4.22. The van der Waals surface area contributed by atoms with Gasteiger partial charge >= 0.3 is 19.8 Å². The van der Waals surface area contributed by atoms with Crippen LogP contribution in [0.4, 0.5) is 0 Å². The second-order valence-corrected chi connectivity index (χ2v) is 21.8. The lowest BCUT2D eigenvalue weighted by atomic mass is 10.0. The molecule has 0 rings (SSSR count). The Morgan fingerprint density at radius 1 is 0.444 bits per heavy atom. The van der Waals surface area contributed by atoms with E-state index in [-0.39, 0.29) is 32.0 Å². The number of rotatable bonds is 52. The summed E-state index contributed by atoms with van der Waals surface area (Å²) in [7, 11) is 1.46. The summed E-state index contributed by atoms with van der Waals surface area (Å²) in [6.45, 7) is 4.31. The van der Waals surface area contributed by atoms with E-state index in [0.717, 1.165) is 109 Å². The minimum Gasteiger partial charge on any atom is -0.462 e. The van der Waals surface area contributed by atoms with Gasteiger partial charge in [0.2, 0.25) is 0 Å². The highest BCUT2D eigenvalue weighted by Crippen LogP contribution is 2.43. The molecule has 0 aromatic heterocycles. The van der Waals surface area contributed by atoms with E-state index in [1.54, 1.807) is 0 Å². The van der Waals surface area contributed by atoms with Gasteiger partial charge in [0.1, 0.15) is 19.8 Å². The molecule has 0 aliphatic rings. The van der Waals surface area contributed by atoms with Crippen LogP contribution in [0.1, 0.15) is 232 Å². The highest BCUT2D eigenvalue weighted by Gasteiger charge is 2.27. The Labute approximate surface area is 443 Å². The average Bonchev–Trinajstić information content (AvgIpc) is 3.34. The molecule has 0 bridgehead atoms.